The highest BCUT2D eigenvalue weighted by atomic mass is 35.5. The first-order valence-corrected chi connectivity index (χ1v) is 8.71. The molecule has 0 aliphatic heterocycles. The van der Waals surface area contributed by atoms with Crippen molar-refractivity contribution >= 4 is 34.8 Å². The molecule has 0 radical (unpaired) electrons. The van der Waals surface area contributed by atoms with Gasteiger partial charge in [0.2, 0.25) is 11.9 Å². The van der Waals surface area contributed by atoms with Crippen LogP contribution in [0.15, 0.2) is 66.9 Å². The molecule has 7 heteroatoms. The van der Waals surface area contributed by atoms with Crippen molar-refractivity contribution in [2.45, 2.75) is 6.42 Å². The maximum Gasteiger partial charge on any atom is 0.240 e. The van der Waals surface area contributed by atoms with Gasteiger partial charge in [0.1, 0.15) is 0 Å². The molecule has 0 saturated heterocycles. The van der Waals surface area contributed by atoms with Crippen molar-refractivity contribution in [1.82, 2.24) is 14.6 Å². The Balaban J connectivity index is 1.46. The summed E-state index contributed by atoms with van der Waals surface area (Å²) in [6, 6.07) is 18.7. The fraction of sp³-hybridized carbons (Fsp3) is 0.0500. The van der Waals surface area contributed by atoms with Crippen molar-refractivity contribution in [1.29, 1.82) is 0 Å². The first-order valence-electron chi connectivity index (χ1n) is 8.33. The van der Waals surface area contributed by atoms with Crippen LogP contribution >= 0.6 is 11.6 Å². The van der Waals surface area contributed by atoms with Crippen molar-refractivity contribution in [3.8, 4) is 11.1 Å². The number of amides is 1. The van der Waals surface area contributed by atoms with Gasteiger partial charge in [-0.3, -0.25) is 4.79 Å². The summed E-state index contributed by atoms with van der Waals surface area (Å²) in [5, 5.41) is 7.67. The number of pyridine rings is 1. The predicted octanol–water partition coefficient (Wildman–Crippen LogP) is 3.81. The van der Waals surface area contributed by atoms with Crippen LogP contribution in [-0.2, 0) is 11.2 Å². The zero-order chi connectivity index (χ0) is 18.8. The van der Waals surface area contributed by atoms with E-state index in [0.717, 1.165) is 22.4 Å². The maximum atomic E-state index is 12.2. The molecule has 0 spiro atoms. The van der Waals surface area contributed by atoms with Crippen molar-refractivity contribution < 1.29 is 4.79 Å². The van der Waals surface area contributed by atoms with Crippen LogP contribution in [0.2, 0.25) is 5.02 Å². The van der Waals surface area contributed by atoms with Gasteiger partial charge in [0.25, 0.3) is 0 Å². The zero-order valence-electron chi connectivity index (χ0n) is 14.3. The van der Waals surface area contributed by atoms with Gasteiger partial charge >= 0.3 is 0 Å². The fourth-order valence-electron chi connectivity index (χ4n) is 2.81. The topological polar surface area (TPSA) is 85.3 Å². The van der Waals surface area contributed by atoms with E-state index in [1.807, 2.05) is 54.7 Å². The average molecular weight is 378 g/mol. The first-order chi connectivity index (χ1) is 13.1. The molecule has 0 atom stereocenters. The van der Waals surface area contributed by atoms with Gasteiger partial charge in [-0.15, -0.1) is 5.10 Å². The second kappa shape index (κ2) is 7.09. The number of nitrogens with one attached hydrogen (secondary N) is 1. The number of benzene rings is 2. The molecule has 0 bridgehead atoms. The van der Waals surface area contributed by atoms with Gasteiger partial charge < -0.3 is 11.1 Å². The molecular weight excluding hydrogens is 362 g/mol. The van der Waals surface area contributed by atoms with Gasteiger partial charge in [0.15, 0.2) is 5.65 Å². The third kappa shape index (κ3) is 3.91. The second-order valence-electron chi connectivity index (χ2n) is 6.12. The van der Waals surface area contributed by atoms with E-state index in [-0.39, 0.29) is 11.9 Å². The molecule has 0 aliphatic rings. The minimum Gasteiger partial charge on any atom is -0.366 e. The van der Waals surface area contributed by atoms with E-state index in [4.69, 9.17) is 17.3 Å². The van der Waals surface area contributed by atoms with Gasteiger partial charge in [-0.1, -0.05) is 35.9 Å². The van der Waals surface area contributed by atoms with E-state index in [0.29, 0.717) is 17.1 Å². The number of aromatic nitrogens is 3. The minimum atomic E-state index is -0.0791. The number of hydrogen-bond acceptors (Lipinski definition) is 4. The zero-order valence-corrected chi connectivity index (χ0v) is 15.0. The molecule has 2 heterocycles. The summed E-state index contributed by atoms with van der Waals surface area (Å²) in [5.74, 6) is 0.162. The lowest BCUT2D eigenvalue weighted by Crippen LogP contribution is -2.14. The fourth-order valence-corrected chi connectivity index (χ4v) is 2.94. The highest BCUT2D eigenvalue weighted by molar-refractivity contribution is 6.30. The number of fused-ring (bicyclic) bond motifs is 1. The van der Waals surface area contributed by atoms with E-state index in [9.17, 15) is 4.79 Å². The summed E-state index contributed by atoms with van der Waals surface area (Å²) in [6.45, 7) is 0. The Hall–Kier alpha value is -3.38. The third-order valence-electron chi connectivity index (χ3n) is 4.13. The molecule has 0 fully saturated rings. The molecule has 0 aliphatic carbocycles. The molecule has 4 aromatic rings. The van der Waals surface area contributed by atoms with Crippen LogP contribution in [0.1, 0.15) is 5.56 Å². The van der Waals surface area contributed by atoms with Crippen LogP contribution in [0.5, 0.6) is 0 Å². The molecule has 4 rings (SSSR count). The van der Waals surface area contributed by atoms with Gasteiger partial charge in [0.05, 0.1) is 6.42 Å². The monoisotopic (exact) mass is 377 g/mol. The Morgan fingerprint density at radius 2 is 1.70 bits per heavy atom. The number of rotatable bonds is 4. The van der Waals surface area contributed by atoms with Crippen LogP contribution in [0, 0.1) is 0 Å². The number of anilines is 2. The van der Waals surface area contributed by atoms with Gasteiger partial charge in [-0.05, 0) is 47.5 Å². The van der Waals surface area contributed by atoms with E-state index in [2.05, 4.69) is 15.4 Å². The van der Waals surface area contributed by atoms with Crippen LogP contribution in [-0.4, -0.2) is 20.5 Å². The molecule has 2 aromatic heterocycles. The van der Waals surface area contributed by atoms with Gasteiger partial charge in [-0.2, -0.15) is 4.98 Å². The Kier molecular flexibility index (Phi) is 4.48. The smallest absolute Gasteiger partial charge is 0.240 e. The summed E-state index contributed by atoms with van der Waals surface area (Å²) < 4.78 is 1.65. The number of nitrogens with zero attached hydrogens (tertiary/aromatic N) is 3. The van der Waals surface area contributed by atoms with Crippen LogP contribution in [0.4, 0.5) is 11.6 Å². The molecular formula is C20H16ClN5O. The van der Waals surface area contributed by atoms with Gasteiger partial charge in [-0.25, -0.2) is 4.52 Å². The Morgan fingerprint density at radius 1 is 1.00 bits per heavy atom. The molecule has 1 amide bonds. The first kappa shape index (κ1) is 17.1. The van der Waals surface area contributed by atoms with Crippen molar-refractivity contribution in [3.05, 3.63) is 77.4 Å². The van der Waals surface area contributed by atoms with E-state index < -0.39 is 0 Å². The molecule has 27 heavy (non-hydrogen) atoms. The number of halogens is 1. The largest absolute Gasteiger partial charge is 0.366 e. The van der Waals surface area contributed by atoms with Crippen LogP contribution < -0.4 is 11.1 Å². The van der Waals surface area contributed by atoms with Crippen LogP contribution in [0.25, 0.3) is 16.8 Å². The van der Waals surface area contributed by atoms with Crippen molar-refractivity contribution in [2.75, 3.05) is 11.1 Å². The molecule has 0 saturated carbocycles. The summed E-state index contributed by atoms with van der Waals surface area (Å²) in [4.78, 5) is 16.3. The second-order valence-corrected chi connectivity index (χ2v) is 6.56. The highest BCUT2D eigenvalue weighted by Crippen LogP contribution is 2.22. The molecule has 0 unspecified atom stereocenters. The quantitative estimate of drug-likeness (QED) is 0.566. The normalized spacial score (nSPS) is 10.9. The number of carbonyl (C=O) groups is 1. The number of carbonyl (C=O) groups excluding carboxylic acids is 1. The standard InChI is InChI=1S/C20H16ClN5O/c21-16-6-1-13(2-7-16)11-19(27)23-17-8-3-14(4-9-17)15-5-10-18-24-20(22)25-26(18)12-15/h1-10,12H,11H2,(H2,22,25)(H,23,27). The van der Waals surface area contributed by atoms with E-state index in [1.54, 1.807) is 16.6 Å². The number of nitrogens with two attached hydrogens (primary N) is 1. The highest BCUT2D eigenvalue weighted by Gasteiger charge is 2.06. The molecule has 134 valence electrons. The van der Waals surface area contributed by atoms with E-state index >= 15 is 0 Å². The Bertz CT molecular complexity index is 1100. The summed E-state index contributed by atoms with van der Waals surface area (Å²) in [5.41, 5.74) is 9.95. The average Bonchev–Trinajstić information content (AvgIpc) is 3.03. The lowest BCUT2D eigenvalue weighted by atomic mass is 10.1. The van der Waals surface area contributed by atoms with Gasteiger partial charge in [0, 0.05) is 22.5 Å². The van der Waals surface area contributed by atoms with Crippen molar-refractivity contribution in [2.24, 2.45) is 0 Å². The van der Waals surface area contributed by atoms with Crippen molar-refractivity contribution in [3.63, 3.8) is 0 Å². The Labute approximate surface area is 160 Å². The third-order valence-corrected chi connectivity index (χ3v) is 4.38. The van der Waals surface area contributed by atoms with Crippen LogP contribution in [0.3, 0.4) is 0 Å². The number of hydrogen-bond donors (Lipinski definition) is 2. The minimum absolute atomic E-state index is 0.0791. The SMILES string of the molecule is Nc1nc2ccc(-c3ccc(NC(=O)Cc4ccc(Cl)cc4)cc3)cn2n1. The summed E-state index contributed by atoms with van der Waals surface area (Å²) in [7, 11) is 0. The Morgan fingerprint density at radius 3 is 2.44 bits per heavy atom. The molecule has 3 N–H and O–H groups in total. The lowest BCUT2D eigenvalue weighted by molar-refractivity contribution is -0.115. The summed E-state index contributed by atoms with van der Waals surface area (Å²) >= 11 is 5.86. The lowest BCUT2D eigenvalue weighted by Gasteiger charge is -2.07. The predicted molar refractivity (Wildman–Crippen MR) is 107 cm³/mol. The van der Waals surface area contributed by atoms with E-state index in [1.165, 1.54) is 0 Å². The maximum absolute atomic E-state index is 12.2. The summed E-state index contributed by atoms with van der Waals surface area (Å²) in [6.07, 6.45) is 2.16. The molecule has 6 nitrogen and oxygen atoms in total. The molecule has 2 aromatic carbocycles. The number of nitrogen functional groups attached to an aromatic ring is 1.